The Kier molecular flexibility index (Phi) is 5.54. The molecule has 1 aliphatic heterocycles. The highest BCUT2D eigenvalue weighted by molar-refractivity contribution is 7.89. The van der Waals surface area contributed by atoms with Crippen LogP contribution in [0.3, 0.4) is 0 Å². The van der Waals surface area contributed by atoms with Crippen LogP contribution in [0.15, 0.2) is 47.4 Å². The minimum atomic E-state index is -3.43. The van der Waals surface area contributed by atoms with Crippen molar-refractivity contribution in [3.63, 3.8) is 0 Å². The number of piperidine rings is 1. The van der Waals surface area contributed by atoms with E-state index in [9.17, 15) is 8.42 Å². The van der Waals surface area contributed by atoms with Crippen LogP contribution in [0, 0.1) is 5.92 Å². The van der Waals surface area contributed by atoms with E-state index in [1.165, 1.54) is 12.8 Å². The van der Waals surface area contributed by atoms with E-state index in [-0.39, 0.29) is 0 Å². The predicted octanol–water partition coefficient (Wildman–Crippen LogP) is 3.24. The number of sulfonamides is 1. The number of nitrogens with zero attached hydrogens (tertiary/aromatic N) is 1. The SMILES string of the molecule is CC1CCN(CCCNS(=O)(=O)c2ccc3ccccc3c2)CC1. The van der Waals surface area contributed by atoms with Crippen molar-refractivity contribution >= 4 is 20.8 Å². The Morgan fingerprint density at radius 2 is 1.79 bits per heavy atom. The monoisotopic (exact) mass is 346 g/mol. The van der Waals surface area contributed by atoms with Gasteiger partial charge in [0.1, 0.15) is 0 Å². The second kappa shape index (κ2) is 7.64. The highest BCUT2D eigenvalue weighted by Gasteiger charge is 2.16. The molecule has 130 valence electrons. The van der Waals surface area contributed by atoms with Crippen molar-refractivity contribution in [2.45, 2.75) is 31.1 Å². The van der Waals surface area contributed by atoms with Gasteiger partial charge < -0.3 is 4.90 Å². The largest absolute Gasteiger partial charge is 0.303 e. The van der Waals surface area contributed by atoms with Crippen molar-refractivity contribution in [3.8, 4) is 0 Å². The van der Waals surface area contributed by atoms with Crippen LogP contribution >= 0.6 is 0 Å². The maximum absolute atomic E-state index is 12.4. The number of likely N-dealkylation sites (tertiary alicyclic amines) is 1. The number of benzene rings is 2. The molecule has 0 amide bonds. The molecule has 1 heterocycles. The standard InChI is InChI=1S/C19H26N2O2S/c1-16-9-13-21(14-10-16)12-4-11-20-24(22,23)19-8-7-17-5-2-3-6-18(17)15-19/h2-3,5-8,15-16,20H,4,9-14H2,1H3. The van der Waals surface area contributed by atoms with Crippen molar-refractivity contribution < 1.29 is 8.42 Å². The van der Waals surface area contributed by atoms with Crippen molar-refractivity contribution in [1.82, 2.24) is 9.62 Å². The van der Waals surface area contributed by atoms with Crippen molar-refractivity contribution in [2.75, 3.05) is 26.2 Å². The number of hydrogen-bond acceptors (Lipinski definition) is 3. The summed E-state index contributed by atoms with van der Waals surface area (Å²) in [7, 11) is -3.43. The first-order chi connectivity index (χ1) is 11.5. The number of rotatable bonds is 6. The number of fused-ring (bicyclic) bond motifs is 1. The van der Waals surface area contributed by atoms with Gasteiger partial charge in [-0.05, 0) is 67.7 Å². The summed E-state index contributed by atoms with van der Waals surface area (Å²) in [6, 6.07) is 13.1. The van der Waals surface area contributed by atoms with E-state index in [2.05, 4.69) is 16.5 Å². The van der Waals surface area contributed by atoms with E-state index in [0.717, 1.165) is 42.7 Å². The van der Waals surface area contributed by atoms with Crippen LogP contribution < -0.4 is 4.72 Å². The molecule has 1 N–H and O–H groups in total. The molecule has 0 aromatic heterocycles. The van der Waals surface area contributed by atoms with Crippen molar-refractivity contribution in [1.29, 1.82) is 0 Å². The topological polar surface area (TPSA) is 49.4 Å². The van der Waals surface area contributed by atoms with Crippen LogP contribution in [0.5, 0.6) is 0 Å². The molecule has 4 nitrogen and oxygen atoms in total. The number of nitrogens with one attached hydrogen (secondary N) is 1. The van der Waals surface area contributed by atoms with Gasteiger partial charge in [-0.25, -0.2) is 13.1 Å². The first kappa shape index (κ1) is 17.4. The van der Waals surface area contributed by atoms with Gasteiger partial charge in [-0.3, -0.25) is 0 Å². The summed E-state index contributed by atoms with van der Waals surface area (Å²) in [5.41, 5.74) is 0. The van der Waals surface area contributed by atoms with Crippen LogP contribution in [0.2, 0.25) is 0 Å². The molecule has 0 radical (unpaired) electrons. The van der Waals surface area contributed by atoms with Crippen molar-refractivity contribution in [2.24, 2.45) is 5.92 Å². The molecule has 0 atom stereocenters. The van der Waals surface area contributed by atoms with Crippen molar-refractivity contribution in [3.05, 3.63) is 42.5 Å². The Labute approximate surface area is 144 Å². The zero-order valence-electron chi connectivity index (χ0n) is 14.2. The molecule has 0 saturated carbocycles. The summed E-state index contributed by atoms with van der Waals surface area (Å²) in [6.45, 7) is 6.03. The molecule has 1 aliphatic rings. The lowest BCUT2D eigenvalue weighted by Gasteiger charge is -2.30. The van der Waals surface area contributed by atoms with Crippen LogP contribution in [0.1, 0.15) is 26.2 Å². The lowest BCUT2D eigenvalue weighted by molar-refractivity contribution is 0.191. The van der Waals surface area contributed by atoms with E-state index >= 15 is 0 Å². The smallest absolute Gasteiger partial charge is 0.240 e. The lowest BCUT2D eigenvalue weighted by atomic mass is 9.99. The van der Waals surface area contributed by atoms with E-state index in [4.69, 9.17) is 0 Å². The van der Waals surface area contributed by atoms with E-state index in [0.29, 0.717) is 11.4 Å². The molecule has 3 rings (SSSR count). The zero-order chi connectivity index (χ0) is 17.0. The normalized spacial score (nSPS) is 17.4. The lowest BCUT2D eigenvalue weighted by Crippen LogP contribution is -2.35. The van der Waals surface area contributed by atoms with Gasteiger partial charge in [0.15, 0.2) is 0 Å². The molecule has 1 saturated heterocycles. The second-order valence-electron chi connectivity index (χ2n) is 6.78. The van der Waals surface area contributed by atoms with E-state index < -0.39 is 10.0 Å². The van der Waals surface area contributed by atoms with Crippen LogP contribution in [0.4, 0.5) is 0 Å². The summed E-state index contributed by atoms with van der Waals surface area (Å²) in [4.78, 5) is 2.78. The first-order valence-electron chi connectivity index (χ1n) is 8.75. The molecule has 5 heteroatoms. The van der Waals surface area contributed by atoms with Gasteiger partial charge in [0.05, 0.1) is 4.90 Å². The summed E-state index contributed by atoms with van der Waals surface area (Å²) < 4.78 is 27.6. The van der Waals surface area contributed by atoms with Gasteiger partial charge in [0, 0.05) is 6.54 Å². The maximum atomic E-state index is 12.4. The summed E-state index contributed by atoms with van der Waals surface area (Å²) in [6.07, 6.45) is 3.35. The second-order valence-corrected chi connectivity index (χ2v) is 8.55. The molecular formula is C19H26N2O2S. The third-order valence-electron chi connectivity index (χ3n) is 4.85. The average molecular weight is 346 g/mol. The molecule has 0 aliphatic carbocycles. The summed E-state index contributed by atoms with van der Waals surface area (Å²) in [5, 5.41) is 2.00. The Morgan fingerprint density at radius 3 is 2.54 bits per heavy atom. The van der Waals surface area contributed by atoms with Gasteiger partial charge in [-0.2, -0.15) is 0 Å². The van der Waals surface area contributed by atoms with Gasteiger partial charge in [0.25, 0.3) is 0 Å². The zero-order valence-corrected chi connectivity index (χ0v) is 15.1. The first-order valence-corrected chi connectivity index (χ1v) is 10.2. The third-order valence-corrected chi connectivity index (χ3v) is 6.31. The van der Waals surface area contributed by atoms with Crippen LogP contribution in [0.25, 0.3) is 10.8 Å². The van der Waals surface area contributed by atoms with Gasteiger partial charge in [-0.1, -0.05) is 37.3 Å². The molecule has 1 fully saturated rings. The quantitative estimate of drug-likeness (QED) is 0.817. The van der Waals surface area contributed by atoms with Crippen LogP contribution in [-0.4, -0.2) is 39.5 Å². The van der Waals surface area contributed by atoms with Gasteiger partial charge in [-0.15, -0.1) is 0 Å². The highest BCUT2D eigenvalue weighted by Crippen LogP contribution is 2.19. The summed E-state index contributed by atoms with van der Waals surface area (Å²) >= 11 is 0. The Hall–Kier alpha value is -1.43. The Balaban J connectivity index is 1.53. The minimum absolute atomic E-state index is 0.341. The van der Waals surface area contributed by atoms with Gasteiger partial charge in [0.2, 0.25) is 10.0 Å². The summed E-state index contributed by atoms with van der Waals surface area (Å²) in [5.74, 6) is 0.827. The molecular weight excluding hydrogens is 320 g/mol. The van der Waals surface area contributed by atoms with E-state index in [1.54, 1.807) is 12.1 Å². The fourth-order valence-corrected chi connectivity index (χ4v) is 4.32. The fourth-order valence-electron chi connectivity index (χ4n) is 3.21. The highest BCUT2D eigenvalue weighted by atomic mass is 32.2. The number of hydrogen-bond donors (Lipinski definition) is 1. The molecule has 0 spiro atoms. The Morgan fingerprint density at radius 1 is 1.08 bits per heavy atom. The predicted molar refractivity (Wildman–Crippen MR) is 98.6 cm³/mol. The molecule has 2 aromatic rings. The van der Waals surface area contributed by atoms with Crippen LogP contribution in [-0.2, 0) is 10.0 Å². The third kappa shape index (κ3) is 4.35. The minimum Gasteiger partial charge on any atom is -0.303 e. The molecule has 2 aromatic carbocycles. The Bertz CT molecular complexity index is 781. The molecule has 0 unspecified atom stereocenters. The van der Waals surface area contributed by atoms with Gasteiger partial charge >= 0.3 is 0 Å². The maximum Gasteiger partial charge on any atom is 0.240 e. The fraction of sp³-hybridized carbons (Fsp3) is 0.474. The molecule has 0 bridgehead atoms. The van der Waals surface area contributed by atoms with E-state index in [1.807, 2.05) is 30.3 Å². The average Bonchev–Trinajstić information content (AvgIpc) is 2.60. The molecule has 24 heavy (non-hydrogen) atoms.